The number of carbonyl (C=O) groups excluding carboxylic acids is 2. The molecule has 2 saturated heterocycles. The molecular weight excluding hydrogens is 460 g/mol. The topological polar surface area (TPSA) is 96.2 Å². The lowest BCUT2D eigenvalue weighted by Crippen LogP contribution is -2.56. The molecule has 0 N–H and O–H groups in total. The number of likely N-dealkylation sites (tertiary alicyclic amines) is 1. The van der Waals surface area contributed by atoms with Crippen LogP contribution in [0, 0.1) is 23.0 Å². The summed E-state index contributed by atoms with van der Waals surface area (Å²) in [5.41, 5.74) is 2.56. The first-order chi connectivity index (χ1) is 17.3. The lowest BCUT2D eigenvalue weighted by Gasteiger charge is -2.43. The van der Waals surface area contributed by atoms with E-state index in [-0.39, 0.29) is 47.4 Å². The number of nitro groups is 1. The van der Waals surface area contributed by atoms with E-state index in [0.717, 1.165) is 19.4 Å². The van der Waals surface area contributed by atoms with Gasteiger partial charge >= 0.3 is 0 Å². The summed E-state index contributed by atoms with van der Waals surface area (Å²) in [5.74, 6) is -0.222. The Morgan fingerprint density at radius 3 is 2.58 bits per heavy atom. The Kier molecular flexibility index (Phi) is 7.76. The van der Waals surface area contributed by atoms with Gasteiger partial charge in [-0.05, 0) is 57.4 Å². The van der Waals surface area contributed by atoms with Gasteiger partial charge in [0, 0.05) is 50.5 Å². The molecule has 36 heavy (non-hydrogen) atoms. The molecule has 2 unspecified atom stereocenters. The highest BCUT2D eigenvalue weighted by atomic mass is 16.6. The fraction of sp³-hybridized carbons (Fsp3) is 0.481. The molecule has 2 atom stereocenters. The van der Waals surface area contributed by atoms with Crippen molar-refractivity contribution >= 4 is 23.2 Å². The third-order valence-electron chi connectivity index (χ3n) is 7.04. The molecule has 2 amide bonds. The lowest BCUT2D eigenvalue weighted by atomic mass is 9.95. The maximum absolute atomic E-state index is 13.5. The van der Waals surface area contributed by atoms with Crippen LogP contribution in [0.2, 0.25) is 0 Å². The zero-order chi connectivity index (χ0) is 25.8. The predicted octanol–water partition coefficient (Wildman–Crippen LogP) is 3.89. The van der Waals surface area contributed by atoms with Crippen LogP contribution in [0.5, 0.6) is 5.75 Å². The number of non-ortho nitro benzene ring substituents is 1. The van der Waals surface area contributed by atoms with Gasteiger partial charge < -0.3 is 19.4 Å². The van der Waals surface area contributed by atoms with Gasteiger partial charge in [0.2, 0.25) is 5.91 Å². The highest BCUT2D eigenvalue weighted by Crippen LogP contribution is 2.29. The van der Waals surface area contributed by atoms with E-state index in [1.807, 2.05) is 4.90 Å². The standard InChI is InChI=1S/C27H34N4O5/c1-4-36-25-16-23(31(34)35)10-11-24(25)27(33)28-12-6-8-21(18-28)26(32)29-13-14-30(20(3)17-29)22-9-5-7-19(2)15-22/h5,7,9-11,15-16,20-21H,4,6,8,12-14,17-18H2,1-3H3. The Morgan fingerprint density at radius 2 is 1.89 bits per heavy atom. The number of hydrogen-bond acceptors (Lipinski definition) is 6. The minimum Gasteiger partial charge on any atom is -0.493 e. The molecule has 2 fully saturated rings. The summed E-state index contributed by atoms with van der Waals surface area (Å²) in [6.07, 6.45) is 1.48. The molecule has 9 heteroatoms. The molecule has 0 bridgehead atoms. The molecule has 0 aromatic heterocycles. The molecule has 0 radical (unpaired) electrons. The van der Waals surface area contributed by atoms with Crippen molar-refractivity contribution in [2.24, 2.45) is 5.92 Å². The Balaban J connectivity index is 1.42. The van der Waals surface area contributed by atoms with Crippen LogP contribution in [0.4, 0.5) is 11.4 Å². The van der Waals surface area contributed by atoms with Gasteiger partial charge in [0.05, 0.1) is 29.1 Å². The largest absolute Gasteiger partial charge is 0.493 e. The summed E-state index contributed by atoms with van der Waals surface area (Å²) in [7, 11) is 0. The minimum atomic E-state index is -0.508. The van der Waals surface area contributed by atoms with Crippen molar-refractivity contribution in [3.8, 4) is 5.75 Å². The van der Waals surface area contributed by atoms with E-state index in [4.69, 9.17) is 4.74 Å². The van der Waals surface area contributed by atoms with E-state index < -0.39 is 4.92 Å². The van der Waals surface area contributed by atoms with Crippen LogP contribution >= 0.6 is 0 Å². The van der Waals surface area contributed by atoms with Crippen LogP contribution in [0.1, 0.15) is 42.6 Å². The maximum atomic E-state index is 13.5. The molecular formula is C27H34N4O5. The van der Waals surface area contributed by atoms with Crippen molar-refractivity contribution in [1.29, 1.82) is 0 Å². The number of benzene rings is 2. The van der Waals surface area contributed by atoms with Gasteiger partial charge in [-0.2, -0.15) is 0 Å². The number of piperazine rings is 1. The number of piperidine rings is 1. The maximum Gasteiger partial charge on any atom is 0.273 e. The average molecular weight is 495 g/mol. The first kappa shape index (κ1) is 25.5. The second-order valence-corrected chi connectivity index (χ2v) is 9.63. The van der Waals surface area contributed by atoms with Crippen LogP contribution in [0.15, 0.2) is 42.5 Å². The van der Waals surface area contributed by atoms with E-state index in [9.17, 15) is 19.7 Å². The van der Waals surface area contributed by atoms with Gasteiger partial charge in [0.15, 0.2) is 0 Å². The van der Waals surface area contributed by atoms with Crippen molar-refractivity contribution in [3.05, 3.63) is 63.7 Å². The molecule has 2 aromatic rings. The quantitative estimate of drug-likeness (QED) is 0.447. The Hall–Kier alpha value is -3.62. The zero-order valence-electron chi connectivity index (χ0n) is 21.2. The van der Waals surface area contributed by atoms with Gasteiger partial charge in [-0.15, -0.1) is 0 Å². The van der Waals surface area contributed by atoms with E-state index in [0.29, 0.717) is 26.2 Å². The van der Waals surface area contributed by atoms with E-state index in [1.165, 1.54) is 29.4 Å². The molecule has 9 nitrogen and oxygen atoms in total. The summed E-state index contributed by atoms with van der Waals surface area (Å²) in [4.78, 5) is 43.4. The van der Waals surface area contributed by atoms with Crippen molar-refractivity contribution < 1.29 is 19.2 Å². The minimum absolute atomic E-state index is 0.0944. The molecule has 2 aromatic carbocycles. The number of hydrogen-bond donors (Lipinski definition) is 0. The first-order valence-electron chi connectivity index (χ1n) is 12.6. The number of amides is 2. The summed E-state index contributed by atoms with van der Waals surface area (Å²) in [6, 6.07) is 12.7. The fourth-order valence-electron chi connectivity index (χ4n) is 5.22. The summed E-state index contributed by atoms with van der Waals surface area (Å²) >= 11 is 0. The highest BCUT2D eigenvalue weighted by Gasteiger charge is 2.35. The molecule has 0 aliphatic carbocycles. The summed E-state index contributed by atoms with van der Waals surface area (Å²) in [6.45, 7) is 9.23. The molecule has 0 spiro atoms. The molecule has 2 aliphatic heterocycles. The van der Waals surface area contributed by atoms with Crippen molar-refractivity contribution in [2.45, 2.75) is 39.7 Å². The Labute approximate surface area is 211 Å². The molecule has 192 valence electrons. The predicted molar refractivity (Wildman–Crippen MR) is 137 cm³/mol. The fourth-order valence-corrected chi connectivity index (χ4v) is 5.22. The Bertz CT molecular complexity index is 1140. The lowest BCUT2D eigenvalue weighted by molar-refractivity contribution is -0.384. The van der Waals surface area contributed by atoms with E-state index >= 15 is 0 Å². The second-order valence-electron chi connectivity index (χ2n) is 9.63. The van der Waals surface area contributed by atoms with E-state index in [1.54, 1.807) is 11.8 Å². The van der Waals surface area contributed by atoms with Gasteiger partial charge in [-0.1, -0.05) is 12.1 Å². The third-order valence-corrected chi connectivity index (χ3v) is 7.04. The SMILES string of the molecule is CCOc1cc([N+](=O)[O-])ccc1C(=O)N1CCCC(C(=O)N2CCN(c3cccc(C)c3)C(C)C2)C1. The van der Waals surface area contributed by atoms with Gasteiger partial charge in [0.1, 0.15) is 5.75 Å². The third kappa shape index (κ3) is 5.45. The van der Waals surface area contributed by atoms with Crippen LogP contribution in [-0.2, 0) is 4.79 Å². The summed E-state index contributed by atoms with van der Waals surface area (Å²) < 4.78 is 5.54. The number of carbonyl (C=O) groups is 2. The van der Waals surface area contributed by atoms with Crippen LogP contribution < -0.4 is 9.64 Å². The second kappa shape index (κ2) is 11.0. The number of nitrogens with zero attached hydrogens (tertiary/aromatic N) is 4. The van der Waals surface area contributed by atoms with Gasteiger partial charge in [0.25, 0.3) is 11.6 Å². The molecule has 0 saturated carbocycles. The van der Waals surface area contributed by atoms with E-state index in [2.05, 4.69) is 43.0 Å². The first-order valence-corrected chi connectivity index (χ1v) is 12.6. The normalized spacial score (nSPS) is 20.2. The molecule has 2 aliphatic rings. The highest BCUT2D eigenvalue weighted by molar-refractivity contribution is 5.97. The number of nitro benzene ring substituents is 1. The molecule has 4 rings (SSSR count). The zero-order valence-corrected chi connectivity index (χ0v) is 21.2. The monoisotopic (exact) mass is 494 g/mol. The van der Waals surface area contributed by atoms with Crippen LogP contribution in [-0.4, -0.2) is 71.9 Å². The van der Waals surface area contributed by atoms with Gasteiger partial charge in [-0.25, -0.2) is 0 Å². The number of rotatable bonds is 6. The number of anilines is 1. The smallest absolute Gasteiger partial charge is 0.273 e. The number of ether oxygens (including phenoxy) is 1. The van der Waals surface area contributed by atoms with Crippen molar-refractivity contribution in [3.63, 3.8) is 0 Å². The molecule has 2 heterocycles. The van der Waals surface area contributed by atoms with Crippen molar-refractivity contribution in [1.82, 2.24) is 9.80 Å². The van der Waals surface area contributed by atoms with Gasteiger partial charge in [-0.3, -0.25) is 19.7 Å². The Morgan fingerprint density at radius 1 is 1.08 bits per heavy atom. The van der Waals surface area contributed by atoms with Crippen LogP contribution in [0.25, 0.3) is 0 Å². The number of aryl methyl sites for hydroxylation is 1. The average Bonchev–Trinajstić information content (AvgIpc) is 2.88. The summed E-state index contributed by atoms with van der Waals surface area (Å²) in [5, 5.41) is 11.2. The van der Waals surface area contributed by atoms with Crippen molar-refractivity contribution in [2.75, 3.05) is 44.2 Å². The van der Waals surface area contributed by atoms with Crippen LogP contribution in [0.3, 0.4) is 0 Å².